The van der Waals surface area contributed by atoms with Gasteiger partial charge in [-0.25, -0.2) is 14.4 Å². The first kappa shape index (κ1) is 26.0. The molecule has 1 aliphatic heterocycles. The van der Waals surface area contributed by atoms with E-state index in [0.717, 1.165) is 4.90 Å². The first-order valence-electron chi connectivity index (χ1n) is 9.43. The Morgan fingerprint density at radius 3 is 2.18 bits per heavy atom. The summed E-state index contributed by atoms with van der Waals surface area (Å²) in [4.78, 5) is 28.7. The highest BCUT2D eigenvalue weighted by atomic mass is 19.4. The number of alkyl halides is 6. The van der Waals surface area contributed by atoms with Crippen LogP contribution in [0, 0.1) is 6.57 Å². The van der Waals surface area contributed by atoms with Crippen molar-refractivity contribution in [2.75, 3.05) is 26.2 Å². The molecule has 33 heavy (non-hydrogen) atoms. The maximum Gasteiger partial charge on any atom is 0.434 e. The largest absolute Gasteiger partial charge is 0.480 e. The lowest BCUT2D eigenvalue weighted by Crippen LogP contribution is -2.52. The number of carbonyl (C=O) groups is 2. The fourth-order valence-corrected chi connectivity index (χ4v) is 2.92. The van der Waals surface area contributed by atoms with Crippen LogP contribution in [0.3, 0.4) is 0 Å². The molecule has 0 saturated carbocycles. The normalized spacial score (nSPS) is 16.3. The Kier molecular flexibility index (Phi) is 8.02. The van der Waals surface area contributed by atoms with Crippen LogP contribution in [0.15, 0.2) is 18.2 Å². The van der Waals surface area contributed by atoms with Gasteiger partial charge in [0.25, 0.3) is 6.10 Å². The summed E-state index contributed by atoms with van der Waals surface area (Å²) in [5.41, 5.74) is 0.725. The van der Waals surface area contributed by atoms with Gasteiger partial charge in [0.2, 0.25) is 0 Å². The standard InChI is InChI=1S/C19H19F6N3O5/c1-11(15(29)30)32-14-9-13(26-2)4-3-12(14)10-27-5-7-28(8-6-27)17(31)33-16(18(20,21)22)19(23,24)25/h3-4,9,11,16H,5-8,10H2,1H3,(H,29,30)/t11-/m0/s1. The van der Waals surface area contributed by atoms with Gasteiger partial charge in [-0.2, -0.15) is 26.3 Å². The Balaban J connectivity index is 2.02. The van der Waals surface area contributed by atoms with Gasteiger partial charge in [-0.05, 0) is 13.0 Å². The van der Waals surface area contributed by atoms with E-state index in [1.165, 1.54) is 19.1 Å². The first-order valence-corrected chi connectivity index (χ1v) is 9.43. The second-order valence-corrected chi connectivity index (χ2v) is 7.11. The summed E-state index contributed by atoms with van der Waals surface area (Å²) < 4.78 is 84.6. The Labute approximate surface area is 184 Å². The summed E-state index contributed by atoms with van der Waals surface area (Å²) in [6.45, 7) is 8.35. The van der Waals surface area contributed by atoms with Crippen LogP contribution in [0.1, 0.15) is 12.5 Å². The Hall–Kier alpha value is -3.21. The van der Waals surface area contributed by atoms with E-state index >= 15 is 0 Å². The second-order valence-electron chi connectivity index (χ2n) is 7.11. The van der Waals surface area contributed by atoms with Gasteiger partial charge in [0, 0.05) is 38.3 Å². The van der Waals surface area contributed by atoms with E-state index in [2.05, 4.69) is 9.58 Å². The zero-order valence-electron chi connectivity index (χ0n) is 17.1. The summed E-state index contributed by atoms with van der Waals surface area (Å²) in [7, 11) is 0. The van der Waals surface area contributed by atoms with E-state index in [1.54, 1.807) is 11.0 Å². The maximum absolute atomic E-state index is 12.6. The van der Waals surface area contributed by atoms with E-state index in [-0.39, 0.29) is 44.2 Å². The van der Waals surface area contributed by atoms with Crippen molar-refractivity contribution < 1.29 is 50.5 Å². The lowest BCUT2D eigenvalue weighted by atomic mass is 10.1. The smallest absolute Gasteiger partial charge is 0.434 e. The highest BCUT2D eigenvalue weighted by molar-refractivity contribution is 5.72. The van der Waals surface area contributed by atoms with Crippen molar-refractivity contribution in [3.05, 3.63) is 35.2 Å². The number of benzene rings is 1. The van der Waals surface area contributed by atoms with Gasteiger partial charge in [0.15, 0.2) is 11.8 Å². The zero-order chi connectivity index (χ0) is 25.0. The number of hydrogen-bond donors (Lipinski definition) is 1. The zero-order valence-corrected chi connectivity index (χ0v) is 17.1. The predicted molar refractivity (Wildman–Crippen MR) is 99.7 cm³/mol. The molecular formula is C19H19F6N3O5. The third kappa shape index (κ3) is 7.14. The number of ether oxygens (including phenoxy) is 2. The summed E-state index contributed by atoms with van der Waals surface area (Å²) in [5.74, 6) is -1.07. The van der Waals surface area contributed by atoms with Gasteiger partial charge in [-0.1, -0.05) is 12.1 Å². The topological polar surface area (TPSA) is 83.7 Å². The third-order valence-corrected chi connectivity index (χ3v) is 4.67. The Bertz CT molecular complexity index is 893. The van der Waals surface area contributed by atoms with Gasteiger partial charge in [0.1, 0.15) is 5.75 Å². The van der Waals surface area contributed by atoms with Crippen LogP contribution >= 0.6 is 0 Å². The van der Waals surface area contributed by atoms with E-state index in [1.807, 2.05) is 0 Å². The van der Waals surface area contributed by atoms with E-state index in [9.17, 15) is 35.9 Å². The highest BCUT2D eigenvalue weighted by Crippen LogP contribution is 2.36. The van der Waals surface area contributed by atoms with Gasteiger partial charge in [0.05, 0.1) is 6.57 Å². The molecule has 0 unspecified atom stereocenters. The van der Waals surface area contributed by atoms with Crippen molar-refractivity contribution in [3.8, 4) is 5.75 Å². The number of carbonyl (C=O) groups excluding carboxylic acids is 1. The minimum atomic E-state index is -5.79. The molecule has 14 heteroatoms. The predicted octanol–water partition coefficient (Wildman–Crippen LogP) is 3.84. The number of carboxylic acid groups (broad SMARTS) is 1. The molecule has 0 aromatic heterocycles. The molecule has 1 amide bonds. The lowest BCUT2D eigenvalue weighted by Gasteiger charge is -2.35. The van der Waals surface area contributed by atoms with Crippen LogP contribution in [0.2, 0.25) is 0 Å². The van der Waals surface area contributed by atoms with Crippen LogP contribution in [0.25, 0.3) is 4.85 Å². The van der Waals surface area contributed by atoms with Crippen molar-refractivity contribution in [1.82, 2.24) is 9.80 Å². The molecule has 1 aromatic carbocycles. The molecule has 0 aliphatic carbocycles. The van der Waals surface area contributed by atoms with Crippen molar-refractivity contribution in [2.45, 2.75) is 38.0 Å². The number of amides is 1. The number of aliphatic carboxylic acids is 1. The van der Waals surface area contributed by atoms with Gasteiger partial charge in [-0.15, -0.1) is 0 Å². The molecule has 182 valence electrons. The molecule has 1 N–H and O–H groups in total. The maximum atomic E-state index is 12.6. The van der Waals surface area contributed by atoms with Crippen molar-refractivity contribution in [2.24, 2.45) is 0 Å². The van der Waals surface area contributed by atoms with Crippen LogP contribution < -0.4 is 4.74 Å². The number of piperazine rings is 1. The number of carboxylic acids is 1. The molecule has 1 aliphatic rings. The van der Waals surface area contributed by atoms with E-state index < -0.39 is 36.6 Å². The van der Waals surface area contributed by atoms with Gasteiger partial charge >= 0.3 is 24.4 Å². The number of nitrogens with zero attached hydrogens (tertiary/aromatic N) is 3. The van der Waals surface area contributed by atoms with Gasteiger partial charge < -0.3 is 19.5 Å². The molecule has 0 radical (unpaired) electrons. The van der Waals surface area contributed by atoms with Crippen molar-refractivity contribution in [1.29, 1.82) is 0 Å². The highest BCUT2D eigenvalue weighted by Gasteiger charge is 2.60. The summed E-state index contributed by atoms with van der Waals surface area (Å²) in [6, 6.07) is 4.40. The summed E-state index contributed by atoms with van der Waals surface area (Å²) >= 11 is 0. The fraction of sp³-hybridized carbons (Fsp3) is 0.526. The minimum absolute atomic E-state index is 0.0935. The summed E-state index contributed by atoms with van der Waals surface area (Å²) in [6.07, 6.45) is -18.7. The molecule has 1 heterocycles. The van der Waals surface area contributed by atoms with Gasteiger partial charge in [-0.3, -0.25) is 4.90 Å². The average Bonchev–Trinajstić information content (AvgIpc) is 2.71. The Morgan fingerprint density at radius 2 is 1.70 bits per heavy atom. The molecule has 1 aromatic rings. The molecule has 8 nitrogen and oxygen atoms in total. The molecular weight excluding hydrogens is 464 g/mol. The molecule has 0 spiro atoms. The Morgan fingerprint density at radius 1 is 1.12 bits per heavy atom. The van der Waals surface area contributed by atoms with Crippen molar-refractivity contribution >= 4 is 17.7 Å². The number of hydrogen-bond acceptors (Lipinski definition) is 5. The van der Waals surface area contributed by atoms with E-state index in [4.69, 9.17) is 16.4 Å². The quantitative estimate of drug-likeness (QED) is 0.489. The van der Waals surface area contributed by atoms with Crippen LogP contribution in [-0.2, 0) is 16.1 Å². The molecule has 1 atom stereocenters. The second kappa shape index (κ2) is 10.2. The number of halogens is 6. The molecule has 1 saturated heterocycles. The third-order valence-electron chi connectivity index (χ3n) is 4.67. The molecule has 1 fully saturated rings. The van der Waals surface area contributed by atoms with Crippen LogP contribution in [0.4, 0.5) is 36.8 Å². The van der Waals surface area contributed by atoms with Crippen LogP contribution in [0.5, 0.6) is 5.75 Å². The fourth-order valence-electron chi connectivity index (χ4n) is 2.92. The lowest BCUT2D eigenvalue weighted by molar-refractivity contribution is -0.308. The average molecular weight is 483 g/mol. The SMILES string of the molecule is [C-]#[N+]c1ccc(CN2CCN(C(=O)OC(C(F)(F)F)C(F)(F)F)CC2)c(O[C@@H](C)C(=O)O)c1. The monoisotopic (exact) mass is 483 g/mol. The summed E-state index contributed by atoms with van der Waals surface area (Å²) in [5, 5.41) is 9.04. The first-order chi connectivity index (χ1) is 15.2. The number of rotatable bonds is 6. The minimum Gasteiger partial charge on any atom is -0.480 e. The van der Waals surface area contributed by atoms with Crippen LogP contribution in [-0.4, -0.2) is 77.7 Å². The molecule has 0 bridgehead atoms. The van der Waals surface area contributed by atoms with E-state index in [0.29, 0.717) is 5.56 Å². The molecule has 2 rings (SSSR count). The van der Waals surface area contributed by atoms with Crippen molar-refractivity contribution in [3.63, 3.8) is 0 Å².